The molecule has 4 aromatic rings. The van der Waals surface area contributed by atoms with Crippen molar-refractivity contribution in [1.82, 2.24) is 14.5 Å². The third kappa shape index (κ3) is 6.03. The molecule has 10 heteroatoms. The summed E-state index contributed by atoms with van der Waals surface area (Å²) in [7, 11) is -3.76. The molecule has 0 bridgehead atoms. The van der Waals surface area contributed by atoms with Crippen LogP contribution in [0.1, 0.15) is 42.5 Å². The van der Waals surface area contributed by atoms with Gasteiger partial charge in [-0.15, -0.1) is 0 Å². The Bertz CT molecular complexity index is 1660. The van der Waals surface area contributed by atoms with Crippen LogP contribution >= 0.6 is 12.2 Å². The fourth-order valence-electron chi connectivity index (χ4n) is 3.85. The number of sulfonamides is 1. The Morgan fingerprint density at radius 1 is 1.03 bits per heavy atom. The van der Waals surface area contributed by atoms with Gasteiger partial charge < -0.3 is 5.32 Å². The molecule has 1 heterocycles. The van der Waals surface area contributed by atoms with Crippen LogP contribution in [-0.2, 0) is 10.0 Å². The molecular weight excluding hydrogens is 518 g/mol. The van der Waals surface area contributed by atoms with Crippen LogP contribution in [-0.4, -0.2) is 35.0 Å². The van der Waals surface area contributed by atoms with Crippen LogP contribution in [0.5, 0.6) is 0 Å². The van der Waals surface area contributed by atoms with Gasteiger partial charge in [0.15, 0.2) is 0 Å². The Balaban J connectivity index is 1.62. The van der Waals surface area contributed by atoms with Crippen LogP contribution in [0.15, 0.2) is 83.8 Å². The minimum absolute atomic E-state index is 0.169. The molecule has 1 aromatic heterocycles. The van der Waals surface area contributed by atoms with Crippen LogP contribution in [0, 0.1) is 11.3 Å². The number of nitrogens with zero attached hydrogens (tertiary/aromatic N) is 3. The molecule has 0 unspecified atom stereocenters. The van der Waals surface area contributed by atoms with Crippen molar-refractivity contribution in [3.05, 3.63) is 95.8 Å². The number of rotatable bonds is 7. The zero-order valence-corrected chi connectivity index (χ0v) is 22.6. The first-order valence-corrected chi connectivity index (χ1v) is 13.6. The van der Waals surface area contributed by atoms with E-state index in [2.05, 4.69) is 21.2 Å². The van der Waals surface area contributed by atoms with Gasteiger partial charge in [0, 0.05) is 22.2 Å². The van der Waals surface area contributed by atoms with E-state index in [0.29, 0.717) is 33.8 Å². The Labute approximate surface area is 227 Å². The maximum Gasteiger partial charge on any atom is 0.274 e. The van der Waals surface area contributed by atoms with Crippen LogP contribution < -0.4 is 10.0 Å². The maximum atomic E-state index is 13.2. The van der Waals surface area contributed by atoms with Gasteiger partial charge in [-0.25, -0.2) is 17.8 Å². The van der Waals surface area contributed by atoms with Gasteiger partial charge in [0.2, 0.25) is 10.0 Å². The number of hydrogen-bond donors (Lipinski definition) is 2. The first kappa shape index (κ1) is 26.9. The van der Waals surface area contributed by atoms with Crippen molar-refractivity contribution in [2.24, 2.45) is 0 Å². The fourth-order valence-corrected chi connectivity index (χ4v) is 5.61. The summed E-state index contributed by atoms with van der Waals surface area (Å²) in [6.07, 6.45) is 0. The van der Waals surface area contributed by atoms with Gasteiger partial charge in [-0.2, -0.15) is 10.4 Å². The van der Waals surface area contributed by atoms with Gasteiger partial charge in [-0.1, -0.05) is 48.6 Å². The highest BCUT2D eigenvalue weighted by molar-refractivity contribution is 7.89. The highest BCUT2D eigenvalue weighted by atomic mass is 32.2. The van der Waals surface area contributed by atoms with Crippen molar-refractivity contribution in [2.45, 2.75) is 31.2 Å². The molecule has 0 spiro atoms. The van der Waals surface area contributed by atoms with Gasteiger partial charge in [0.25, 0.3) is 5.91 Å². The average Bonchev–Trinajstić information content (AvgIpc) is 3.33. The summed E-state index contributed by atoms with van der Waals surface area (Å²) in [5.74, 6) is -0.423. The summed E-state index contributed by atoms with van der Waals surface area (Å²) in [5, 5.41) is 17.8. The summed E-state index contributed by atoms with van der Waals surface area (Å²) in [5.41, 5.74) is 2.76. The van der Waals surface area contributed by atoms with Gasteiger partial charge in [-0.05, 0) is 68.8 Å². The SMILES string of the molecule is CC(C)(C)NS(=O)(=O)c1ccccc1-c1ccc(NC(=O)c2cc(C=S)nn2-c2cccc(C#N)c2)cc1. The third-order valence-electron chi connectivity index (χ3n) is 5.37. The predicted molar refractivity (Wildman–Crippen MR) is 151 cm³/mol. The van der Waals surface area contributed by atoms with E-state index in [-0.39, 0.29) is 10.6 Å². The molecule has 8 nitrogen and oxygen atoms in total. The Kier molecular flexibility index (Phi) is 7.55. The van der Waals surface area contributed by atoms with E-state index in [1.165, 1.54) is 10.0 Å². The third-order valence-corrected chi connectivity index (χ3v) is 7.43. The normalized spacial score (nSPS) is 11.5. The molecule has 192 valence electrons. The molecule has 0 aliphatic carbocycles. The van der Waals surface area contributed by atoms with E-state index in [1.807, 2.05) is 0 Å². The van der Waals surface area contributed by atoms with Crippen LogP contribution in [0.2, 0.25) is 0 Å². The lowest BCUT2D eigenvalue weighted by Gasteiger charge is -2.21. The first-order valence-electron chi connectivity index (χ1n) is 11.6. The molecule has 3 aromatic carbocycles. The zero-order chi connectivity index (χ0) is 27.5. The van der Waals surface area contributed by atoms with E-state index in [0.717, 1.165) is 0 Å². The van der Waals surface area contributed by atoms with E-state index < -0.39 is 21.5 Å². The van der Waals surface area contributed by atoms with Crippen molar-refractivity contribution in [3.8, 4) is 22.9 Å². The molecule has 38 heavy (non-hydrogen) atoms. The minimum Gasteiger partial charge on any atom is -0.321 e. The summed E-state index contributed by atoms with van der Waals surface area (Å²) in [6, 6.07) is 24.0. The minimum atomic E-state index is -3.76. The molecule has 4 rings (SSSR count). The summed E-state index contributed by atoms with van der Waals surface area (Å²) >= 11 is 5.00. The van der Waals surface area contributed by atoms with E-state index in [1.54, 1.807) is 99.6 Å². The standard InChI is InChI=1S/C28H25N5O3S2/c1-28(2,3)32-38(35,36)26-10-5-4-9-24(26)20-11-13-21(14-12-20)30-27(34)25-16-22(18-37)31-33(25)23-8-6-7-19(15-23)17-29/h4-16,18,32H,1-3H3,(H,30,34). The lowest BCUT2D eigenvalue weighted by atomic mass is 10.1. The van der Waals surface area contributed by atoms with Crippen molar-refractivity contribution >= 4 is 39.2 Å². The Morgan fingerprint density at radius 2 is 1.74 bits per heavy atom. The lowest BCUT2D eigenvalue weighted by Crippen LogP contribution is -2.40. The Morgan fingerprint density at radius 3 is 2.39 bits per heavy atom. The monoisotopic (exact) mass is 543 g/mol. The smallest absolute Gasteiger partial charge is 0.274 e. The lowest BCUT2D eigenvalue weighted by molar-refractivity contribution is 0.101. The number of nitrogens with one attached hydrogen (secondary N) is 2. The molecule has 0 radical (unpaired) electrons. The van der Waals surface area contributed by atoms with Crippen molar-refractivity contribution in [3.63, 3.8) is 0 Å². The highest BCUT2D eigenvalue weighted by Crippen LogP contribution is 2.29. The van der Waals surface area contributed by atoms with Crippen molar-refractivity contribution < 1.29 is 13.2 Å². The second-order valence-electron chi connectivity index (χ2n) is 9.53. The number of amides is 1. The van der Waals surface area contributed by atoms with Gasteiger partial charge in [0.05, 0.1) is 27.9 Å². The molecule has 0 saturated heterocycles. The molecule has 0 fully saturated rings. The maximum absolute atomic E-state index is 13.2. The molecular formula is C28H25N5O3S2. The summed E-state index contributed by atoms with van der Waals surface area (Å²) < 4.78 is 30.2. The number of anilines is 1. The Hall–Kier alpha value is -4.17. The number of carbonyl (C=O) groups is 1. The first-order chi connectivity index (χ1) is 18.0. The topological polar surface area (TPSA) is 117 Å². The summed E-state index contributed by atoms with van der Waals surface area (Å²) in [6.45, 7) is 5.35. The number of nitriles is 1. The van der Waals surface area contributed by atoms with Crippen molar-refractivity contribution in [1.29, 1.82) is 5.26 Å². The van der Waals surface area contributed by atoms with Crippen LogP contribution in [0.25, 0.3) is 16.8 Å². The van der Waals surface area contributed by atoms with Crippen LogP contribution in [0.3, 0.4) is 0 Å². The molecule has 2 N–H and O–H groups in total. The average molecular weight is 544 g/mol. The van der Waals surface area contributed by atoms with Gasteiger partial charge in [-0.3, -0.25) is 4.79 Å². The zero-order valence-electron chi connectivity index (χ0n) is 21.0. The van der Waals surface area contributed by atoms with E-state index in [4.69, 9.17) is 12.2 Å². The van der Waals surface area contributed by atoms with Gasteiger partial charge >= 0.3 is 0 Å². The molecule has 1 amide bonds. The number of aromatic nitrogens is 2. The second kappa shape index (κ2) is 10.7. The number of hydrogen-bond acceptors (Lipinski definition) is 6. The fraction of sp³-hybridized carbons (Fsp3) is 0.143. The predicted octanol–water partition coefficient (Wildman–Crippen LogP) is 5.09. The molecule has 0 aliphatic rings. The van der Waals surface area contributed by atoms with E-state index >= 15 is 0 Å². The molecule has 0 saturated carbocycles. The largest absolute Gasteiger partial charge is 0.321 e. The molecule has 0 aliphatic heterocycles. The van der Waals surface area contributed by atoms with Crippen molar-refractivity contribution in [2.75, 3.05) is 5.32 Å². The number of thiocarbonyl (C=S) groups is 1. The number of carbonyl (C=O) groups excluding carboxylic acids is 1. The quantitative estimate of drug-likeness (QED) is 0.314. The number of benzene rings is 3. The van der Waals surface area contributed by atoms with Crippen LogP contribution in [0.4, 0.5) is 5.69 Å². The highest BCUT2D eigenvalue weighted by Gasteiger charge is 2.25. The summed E-state index contributed by atoms with van der Waals surface area (Å²) in [4.78, 5) is 13.4. The van der Waals surface area contributed by atoms with E-state index in [9.17, 15) is 18.5 Å². The van der Waals surface area contributed by atoms with Gasteiger partial charge in [0.1, 0.15) is 5.69 Å². The molecule has 0 atom stereocenters. The second-order valence-corrected chi connectivity index (χ2v) is 11.4.